The molecule has 118 valence electrons. The molecule has 0 aliphatic rings. The number of carbonyl (C=O) groups is 1. The van der Waals surface area contributed by atoms with Gasteiger partial charge in [-0.15, -0.1) is 0 Å². The molecule has 0 atom stereocenters. The number of thioether (sulfide) groups is 1. The van der Waals surface area contributed by atoms with E-state index in [4.69, 9.17) is 0 Å². The molecule has 0 unspecified atom stereocenters. The van der Waals surface area contributed by atoms with Crippen LogP contribution < -0.4 is 10.6 Å². The fourth-order valence-electron chi connectivity index (χ4n) is 1.82. The third kappa shape index (κ3) is 5.44. The topological polar surface area (TPSA) is 59.0 Å². The zero-order valence-corrected chi connectivity index (χ0v) is 14.0. The Bertz CT molecular complexity index is 588. The minimum atomic E-state index is -0.179. The number of hydrogen-bond donors (Lipinski definition) is 2. The first-order valence-corrected chi connectivity index (χ1v) is 8.21. The molecule has 0 aliphatic carbocycles. The van der Waals surface area contributed by atoms with Crippen molar-refractivity contribution in [1.29, 1.82) is 0 Å². The van der Waals surface area contributed by atoms with Gasteiger partial charge in [-0.3, -0.25) is 0 Å². The van der Waals surface area contributed by atoms with Gasteiger partial charge >= 0.3 is 6.03 Å². The molecule has 1 heterocycles. The Hall–Kier alpha value is -1.95. The van der Waals surface area contributed by atoms with Crippen LogP contribution in [0.1, 0.15) is 20.8 Å². The zero-order chi connectivity index (χ0) is 16.0. The lowest BCUT2D eigenvalue weighted by atomic mass is 10.3. The first-order chi connectivity index (χ1) is 10.4. The molecule has 2 amide bonds. The first kappa shape index (κ1) is 16.4. The average molecular weight is 318 g/mol. The number of urea groups is 1. The van der Waals surface area contributed by atoms with Crippen molar-refractivity contribution >= 4 is 23.5 Å². The van der Waals surface area contributed by atoms with Gasteiger partial charge in [-0.05, 0) is 30.3 Å². The highest BCUT2D eigenvalue weighted by Crippen LogP contribution is 2.22. The molecule has 2 aromatic rings. The molecule has 22 heavy (non-hydrogen) atoms. The molecule has 6 heteroatoms. The highest BCUT2D eigenvalue weighted by molar-refractivity contribution is 8.00. The summed E-state index contributed by atoms with van der Waals surface area (Å²) in [5, 5.41) is 9.84. The molecular weight excluding hydrogens is 296 g/mol. The zero-order valence-electron chi connectivity index (χ0n) is 13.2. The Labute approximate surface area is 135 Å². The number of amides is 2. The van der Waals surface area contributed by atoms with E-state index in [9.17, 15) is 4.79 Å². The highest BCUT2D eigenvalue weighted by Gasteiger charge is 2.10. The SMILES string of the molecule is CC(C)(C)SCCNC(=O)Nc1ccc(-n2cccn2)cc1. The maximum Gasteiger partial charge on any atom is 0.319 e. The Morgan fingerprint density at radius 3 is 2.59 bits per heavy atom. The molecule has 0 aliphatic heterocycles. The molecular formula is C16H22N4OS. The van der Waals surface area contributed by atoms with Gasteiger partial charge in [0.15, 0.2) is 0 Å². The van der Waals surface area contributed by atoms with Crippen molar-refractivity contribution < 1.29 is 4.79 Å². The van der Waals surface area contributed by atoms with Crippen molar-refractivity contribution in [2.24, 2.45) is 0 Å². The summed E-state index contributed by atoms with van der Waals surface area (Å²) in [7, 11) is 0. The van der Waals surface area contributed by atoms with Gasteiger partial charge in [0.25, 0.3) is 0 Å². The highest BCUT2D eigenvalue weighted by atomic mass is 32.2. The fourth-order valence-corrected chi connectivity index (χ4v) is 2.63. The normalized spacial score (nSPS) is 11.2. The van der Waals surface area contributed by atoms with Crippen LogP contribution in [0.2, 0.25) is 0 Å². The van der Waals surface area contributed by atoms with Crippen LogP contribution in [0.3, 0.4) is 0 Å². The van der Waals surface area contributed by atoms with Gasteiger partial charge in [-0.1, -0.05) is 20.8 Å². The Kier molecular flexibility index (Phi) is 5.49. The number of aromatic nitrogens is 2. The maximum atomic E-state index is 11.8. The average Bonchev–Trinajstić information content (AvgIpc) is 2.98. The van der Waals surface area contributed by atoms with Crippen LogP contribution in [0.4, 0.5) is 10.5 Å². The molecule has 0 saturated carbocycles. The molecule has 1 aromatic carbocycles. The van der Waals surface area contributed by atoms with E-state index in [0.717, 1.165) is 17.1 Å². The second-order valence-electron chi connectivity index (χ2n) is 5.84. The smallest absolute Gasteiger partial charge is 0.319 e. The van der Waals surface area contributed by atoms with Gasteiger partial charge in [0.05, 0.1) is 5.69 Å². The lowest BCUT2D eigenvalue weighted by Crippen LogP contribution is -2.31. The van der Waals surface area contributed by atoms with E-state index < -0.39 is 0 Å². The van der Waals surface area contributed by atoms with E-state index in [0.29, 0.717) is 6.54 Å². The standard InChI is InChI=1S/C16H22N4OS/c1-16(2,3)22-12-10-17-15(21)19-13-5-7-14(8-6-13)20-11-4-9-18-20/h4-9,11H,10,12H2,1-3H3,(H2,17,19,21). The maximum absolute atomic E-state index is 11.8. The summed E-state index contributed by atoms with van der Waals surface area (Å²) in [6.45, 7) is 7.15. The predicted octanol–water partition coefficient (Wildman–Crippen LogP) is 3.53. The van der Waals surface area contributed by atoms with E-state index in [1.165, 1.54) is 0 Å². The third-order valence-electron chi connectivity index (χ3n) is 2.82. The van der Waals surface area contributed by atoms with Crippen LogP contribution in [0.15, 0.2) is 42.7 Å². The number of anilines is 1. The van der Waals surface area contributed by atoms with Gasteiger partial charge in [0.1, 0.15) is 0 Å². The second-order valence-corrected chi connectivity index (χ2v) is 7.76. The quantitative estimate of drug-likeness (QED) is 0.829. The molecule has 0 fully saturated rings. The van der Waals surface area contributed by atoms with Gasteiger partial charge in [0.2, 0.25) is 0 Å². The van der Waals surface area contributed by atoms with E-state index in [2.05, 4.69) is 36.5 Å². The van der Waals surface area contributed by atoms with Crippen LogP contribution >= 0.6 is 11.8 Å². The fraction of sp³-hybridized carbons (Fsp3) is 0.375. The summed E-state index contributed by atoms with van der Waals surface area (Å²) in [5.74, 6) is 0.898. The molecule has 0 spiro atoms. The first-order valence-electron chi connectivity index (χ1n) is 7.23. The van der Waals surface area contributed by atoms with E-state index in [1.807, 2.05) is 48.3 Å². The second kappa shape index (κ2) is 7.35. The third-order valence-corrected chi connectivity index (χ3v) is 4.09. The number of benzene rings is 1. The minimum absolute atomic E-state index is 0.179. The lowest BCUT2D eigenvalue weighted by Gasteiger charge is -2.17. The number of carbonyl (C=O) groups excluding carboxylic acids is 1. The summed E-state index contributed by atoms with van der Waals surface area (Å²) in [5.41, 5.74) is 1.72. The lowest BCUT2D eigenvalue weighted by molar-refractivity contribution is 0.252. The monoisotopic (exact) mass is 318 g/mol. The number of nitrogens with one attached hydrogen (secondary N) is 2. The molecule has 0 bridgehead atoms. The van der Waals surface area contributed by atoms with E-state index in [-0.39, 0.29) is 10.8 Å². The summed E-state index contributed by atoms with van der Waals surface area (Å²) in [4.78, 5) is 11.8. The predicted molar refractivity (Wildman–Crippen MR) is 92.8 cm³/mol. The van der Waals surface area contributed by atoms with Crippen molar-refractivity contribution in [1.82, 2.24) is 15.1 Å². The Balaban J connectivity index is 1.77. The van der Waals surface area contributed by atoms with Gasteiger partial charge < -0.3 is 10.6 Å². The summed E-state index contributed by atoms with van der Waals surface area (Å²) in [6.07, 6.45) is 3.61. The molecule has 0 saturated heterocycles. The summed E-state index contributed by atoms with van der Waals surface area (Å²) >= 11 is 1.83. The van der Waals surface area contributed by atoms with Gasteiger partial charge in [-0.2, -0.15) is 16.9 Å². The van der Waals surface area contributed by atoms with Crippen LogP contribution in [0.25, 0.3) is 5.69 Å². The summed E-state index contributed by atoms with van der Waals surface area (Å²) in [6, 6.07) is 9.24. The van der Waals surface area contributed by atoms with Crippen molar-refractivity contribution in [3.05, 3.63) is 42.7 Å². The summed E-state index contributed by atoms with van der Waals surface area (Å²) < 4.78 is 1.99. The van der Waals surface area contributed by atoms with E-state index in [1.54, 1.807) is 10.9 Å². The van der Waals surface area contributed by atoms with Crippen LogP contribution in [0.5, 0.6) is 0 Å². The van der Waals surface area contributed by atoms with Crippen LogP contribution in [0, 0.1) is 0 Å². The van der Waals surface area contributed by atoms with Gasteiger partial charge in [0, 0.05) is 35.1 Å². The molecule has 1 aromatic heterocycles. The van der Waals surface area contributed by atoms with Crippen molar-refractivity contribution in [3.8, 4) is 5.69 Å². The molecule has 2 rings (SSSR count). The number of rotatable bonds is 5. The van der Waals surface area contributed by atoms with Crippen molar-refractivity contribution in [2.75, 3.05) is 17.6 Å². The number of hydrogen-bond acceptors (Lipinski definition) is 3. The molecule has 5 nitrogen and oxygen atoms in total. The number of nitrogens with zero attached hydrogens (tertiary/aromatic N) is 2. The van der Waals surface area contributed by atoms with Crippen molar-refractivity contribution in [2.45, 2.75) is 25.5 Å². The molecule has 0 radical (unpaired) electrons. The Morgan fingerprint density at radius 1 is 1.27 bits per heavy atom. The Morgan fingerprint density at radius 2 is 2.00 bits per heavy atom. The minimum Gasteiger partial charge on any atom is -0.337 e. The van der Waals surface area contributed by atoms with E-state index >= 15 is 0 Å². The largest absolute Gasteiger partial charge is 0.337 e. The molecule has 2 N–H and O–H groups in total. The van der Waals surface area contributed by atoms with Crippen molar-refractivity contribution in [3.63, 3.8) is 0 Å². The van der Waals surface area contributed by atoms with Crippen LogP contribution in [-0.4, -0.2) is 32.9 Å². The van der Waals surface area contributed by atoms with Gasteiger partial charge in [-0.25, -0.2) is 9.48 Å². The van der Waals surface area contributed by atoms with Crippen LogP contribution in [-0.2, 0) is 0 Å².